The molecule has 0 aliphatic carbocycles. The summed E-state index contributed by atoms with van der Waals surface area (Å²) < 4.78 is 11.3. The van der Waals surface area contributed by atoms with Crippen LogP contribution in [0, 0.1) is 13.8 Å². The van der Waals surface area contributed by atoms with Crippen molar-refractivity contribution in [1.82, 2.24) is 0 Å². The Labute approximate surface area is 125 Å². The van der Waals surface area contributed by atoms with Gasteiger partial charge >= 0.3 is 0 Å². The molecule has 0 saturated heterocycles. The molecule has 2 aromatic carbocycles. The number of aldehydes is 1. The Morgan fingerprint density at radius 3 is 2.00 bits per heavy atom. The molecular formula is C18H20O3. The summed E-state index contributed by atoms with van der Waals surface area (Å²) >= 11 is 0. The highest BCUT2D eigenvalue weighted by Crippen LogP contribution is 2.16. The molecule has 3 heteroatoms. The third kappa shape index (κ3) is 4.95. The number of carbonyl (C=O) groups is 1. The molecule has 0 aliphatic rings. The van der Waals surface area contributed by atoms with E-state index >= 15 is 0 Å². The summed E-state index contributed by atoms with van der Waals surface area (Å²) in [5.74, 6) is 1.68. The molecule has 2 aromatic rings. The van der Waals surface area contributed by atoms with Crippen molar-refractivity contribution in [2.75, 3.05) is 13.2 Å². The highest BCUT2D eigenvalue weighted by atomic mass is 16.5. The highest BCUT2D eigenvalue weighted by Gasteiger charge is 1.98. The molecule has 3 nitrogen and oxygen atoms in total. The van der Waals surface area contributed by atoms with Crippen molar-refractivity contribution in [3.05, 3.63) is 59.2 Å². The van der Waals surface area contributed by atoms with E-state index in [-0.39, 0.29) is 0 Å². The fourth-order valence-corrected chi connectivity index (χ4v) is 2.10. The molecular weight excluding hydrogens is 264 g/mol. The molecule has 0 aromatic heterocycles. The van der Waals surface area contributed by atoms with Crippen molar-refractivity contribution in [1.29, 1.82) is 0 Å². The molecule has 0 unspecified atom stereocenters. The molecule has 0 amide bonds. The average Bonchev–Trinajstić information content (AvgIpc) is 2.46. The van der Waals surface area contributed by atoms with Crippen LogP contribution in [-0.4, -0.2) is 19.5 Å². The van der Waals surface area contributed by atoms with Crippen LogP contribution >= 0.6 is 0 Å². The molecule has 0 bridgehead atoms. The van der Waals surface area contributed by atoms with Crippen molar-refractivity contribution in [2.24, 2.45) is 0 Å². The number of rotatable bonds is 7. The van der Waals surface area contributed by atoms with E-state index in [2.05, 4.69) is 19.9 Å². The topological polar surface area (TPSA) is 35.5 Å². The van der Waals surface area contributed by atoms with Crippen molar-refractivity contribution in [2.45, 2.75) is 20.3 Å². The second kappa shape index (κ2) is 7.48. The molecule has 0 saturated carbocycles. The average molecular weight is 284 g/mol. The summed E-state index contributed by atoms with van der Waals surface area (Å²) in [5, 5.41) is 0. The summed E-state index contributed by atoms with van der Waals surface area (Å²) in [4.78, 5) is 10.5. The molecule has 2 rings (SSSR count). The number of benzene rings is 2. The fraction of sp³-hybridized carbons (Fsp3) is 0.278. The molecule has 0 aliphatic heterocycles. The maximum absolute atomic E-state index is 10.5. The summed E-state index contributed by atoms with van der Waals surface area (Å²) in [6, 6.07) is 13.3. The Hall–Kier alpha value is -2.29. The van der Waals surface area contributed by atoms with Gasteiger partial charge in [-0.25, -0.2) is 0 Å². The summed E-state index contributed by atoms with van der Waals surface area (Å²) in [5.41, 5.74) is 3.06. The van der Waals surface area contributed by atoms with Crippen LogP contribution in [0.3, 0.4) is 0 Å². The quantitative estimate of drug-likeness (QED) is 0.570. The first kappa shape index (κ1) is 15.1. The van der Waals surface area contributed by atoms with Gasteiger partial charge in [0.05, 0.1) is 13.2 Å². The van der Waals surface area contributed by atoms with Gasteiger partial charge in [-0.05, 0) is 61.4 Å². The first-order valence-electron chi connectivity index (χ1n) is 7.06. The van der Waals surface area contributed by atoms with E-state index in [1.165, 1.54) is 11.1 Å². The first-order valence-corrected chi connectivity index (χ1v) is 7.06. The zero-order valence-corrected chi connectivity index (χ0v) is 12.5. The van der Waals surface area contributed by atoms with Crippen LogP contribution in [0.15, 0.2) is 42.5 Å². The number of aryl methyl sites for hydroxylation is 2. The van der Waals surface area contributed by atoms with Crippen LogP contribution in [-0.2, 0) is 0 Å². The molecule has 0 fully saturated rings. The largest absolute Gasteiger partial charge is 0.493 e. The molecule has 110 valence electrons. The van der Waals surface area contributed by atoms with Gasteiger partial charge in [0, 0.05) is 12.0 Å². The lowest BCUT2D eigenvalue weighted by Crippen LogP contribution is -2.05. The van der Waals surface area contributed by atoms with Crippen LogP contribution < -0.4 is 9.47 Å². The van der Waals surface area contributed by atoms with Crippen LogP contribution in [0.4, 0.5) is 0 Å². The predicted octanol–water partition coefficient (Wildman–Crippen LogP) is 3.96. The minimum absolute atomic E-state index is 0.589. The zero-order valence-electron chi connectivity index (χ0n) is 12.5. The molecule has 0 radical (unpaired) electrons. The van der Waals surface area contributed by atoms with Crippen molar-refractivity contribution in [3.63, 3.8) is 0 Å². The lowest BCUT2D eigenvalue weighted by atomic mass is 10.1. The van der Waals surface area contributed by atoms with Crippen molar-refractivity contribution in [3.8, 4) is 11.5 Å². The van der Waals surface area contributed by atoms with Gasteiger partial charge in [-0.2, -0.15) is 0 Å². The summed E-state index contributed by atoms with van der Waals surface area (Å²) in [6.07, 6.45) is 1.63. The number of carbonyl (C=O) groups excluding carboxylic acids is 1. The Bertz CT molecular complexity index is 568. The number of ether oxygens (including phenoxy) is 2. The SMILES string of the molecule is Cc1cc(C)cc(OCCCOc2ccc(C=O)cc2)c1. The Balaban J connectivity index is 1.70. The Kier molecular flexibility index (Phi) is 5.38. The van der Waals surface area contributed by atoms with Crippen molar-refractivity contribution >= 4 is 6.29 Å². The Morgan fingerprint density at radius 1 is 0.857 bits per heavy atom. The van der Waals surface area contributed by atoms with E-state index in [9.17, 15) is 4.79 Å². The molecule has 21 heavy (non-hydrogen) atoms. The van der Waals surface area contributed by atoms with E-state index in [4.69, 9.17) is 9.47 Å². The van der Waals surface area contributed by atoms with E-state index in [1.807, 2.05) is 12.1 Å². The van der Waals surface area contributed by atoms with Gasteiger partial charge in [0.2, 0.25) is 0 Å². The van der Waals surface area contributed by atoms with E-state index in [0.29, 0.717) is 18.8 Å². The molecule has 0 atom stereocenters. The van der Waals surface area contributed by atoms with Gasteiger partial charge < -0.3 is 9.47 Å². The van der Waals surface area contributed by atoms with Crippen molar-refractivity contribution < 1.29 is 14.3 Å². The highest BCUT2D eigenvalue weighted by molar-refractivity contribution is 5.74. The lowest BCUT2D eigenvalue weighted by Gasteiger charge is -2.09. The third-order valence-corrected chi connectivity index (χ3v) is 3.04. The second-order valence-corrected chi connectivity index (χ2v) is 5.06. The monoisotopic (exact) mass is 284 g/mol. The first-order chi connectivity index (χ1) is 10.2. The normalized spacial score (nSPS) is 10.2. The van der Waals surface area contributed by atoms with Gasteiger partial charge in [0.15, 0.2) is 0 Å². The van der Waals surface area contributed by atoms with Gasteiger partial charge in [-0.3, -0.25) is 4.79 Å². The standard InChI is InChI=1S/C18H20O3/c1-14-10-15(2)12-18(11-14)21-9-3-8-20-17-6-4-16(13-19)5-7-17/h4-7,10-13H,3,8-9H2,1-2H3. The van der Waals surface area contributed by atoms with E-state index in [1.54, 1.807) is 24.3 Å². The van der Waals surface area contributed by atoms with Crippen LogP contribution in [0.2, 0.25) is 0 Å². The molecule has 0 N–H and O–H groups in total. The molecule has 0 spiro atoms. The Morgan fingerprint density at radius 2 is 1.43 bits per heavy atom. The number of hydrogen-bond donors (Lipinski definition) is 0. The van der Waals surface area contributed by atoms with Crippen LogP contribution in [0.1, 0.15) is 27.9 Å². The molecule has 0 heterocycles. The lowest BCUT2D eigenvalue weighted by molar-refractivity contribution is 0.112. The van der Waals surface area contributed by atoms with Gasteiger partial charge in [-0.1, -0.05) is 6.07 Å². The smallest absolute Gasteiger partial charge is 0.150 e. The minimum atomic E-state index is 0.589. The van der Waals surface area contributed by atoms with Gasteiger partial charge in [0.1, 0.15) is 17.8 Å². The second-order valence-electron chi connectivity index (χ2n) is 5.06. The maximum atomic E-state index is 10.5. The predicted molar refractivity (Wildman–Crippen MR) is 83.4 cm³/mol. The van der Waals surface area contributed by atoms with E-state index in [0.717, 1.165) is 24.2 Å². The van der Waals surface area contributed by atoms with Gasteiger partial charge in [0.25, 0.3) is 0 Å². The summed E-state index contributed by atoms with van der Waals surface area (Å²) in [6.45, 7) is 5.33. The fourth-order valence-electron chi connectivity index (χ4n) is 2.10. The number of hydrogen-bond acceptors (Lipinski definition) is 3. The third-order valence-electron chi connectivity index (χ3n) is 3.04. The van der Waals surface area contributed by atoms with Crippen LogP contribution in [0.5, 0.6) is 11.5 Å². The zero-order chi connectivity index (χ0) is 15.1. The maximum Gasteiger partial charge on any atom is 0.150 e. The van der Waals surface area contributed by atoms with Crippen LogP contribution in [0.25, 0.3) is 0 Å². The van der Waals surface area contributed by atoms with Gasteiger partial charge in [-0.15, -0.1) is 0 Å². The van der Waals surface area contributed by atoms with E-state index < -0.39 is 0 Å². The minimum Gasteiger partial charge on any atom is -0.493 e. The summed E-state index contributed by atoms with van der Waals surface area (Å²) in [7, 11) is 0.